The maximum absolute atomic E-state index is 9.85. The number of benzene rings is 1. The molecule has 0 bridgehead atoms. The quantitative estimate of drug-likeness (QED) is 0.267. The van der Waals surface area contributed by atoms with E-state index >= 15 is 0 Å². The van der Waals surface area contributed by atoms with Crippen molar-refractivity contribution >= 4 is 0 Å². The van der Waals surface area contributed by atoms with Gasteiger partial charge in [0.1, 0.15) is 0 Å². The molecular weight excluding hydrogens is 398 g/mol. The van der Waals surface area contributed by atoms with Crippen LogP contribution in [0.1, 0.15) is 97.0 Å². The van der Waals surface area contributed by atoms with Gasteiger partial charge < -0.3 is 20.3 Å². The van der Waals surface area contributed by atoms with Gasteiger partial charge in [-0.25, -0.2) is 0 Å². The van der Waals surface area contributed by atoms with Crippen LogP contribution in [0.2, 0.25) is 0 Å². The fourth-order valence-electron chi connectivity index (χ4n) is 4.69. The first-order valence-electron chi connectivity index (χ1n) is 13.0. The molecule has 3 N–H and O–H groups in total. The van der Waals surface area contributed by atoms with Crippen molar-refractivity contribution in [2.75, 3.05) is 20.3 Å². The second-order valence-corrected chi connectivity index (χ2v) is 10.8. The lowest BCUT2D eigenvalue weighted by Crippen LogP contribution is -2.46. The summed E-state index contributed by atoms with van der Waals surface area (Å²) in [7, 11) is 1.70. The fraction of sp³-hybridized carbons (Fsp3) is 0.786. The highest BCUT2D eigenvalue weighted by molar-refractivity contribution is 5.43. The topological polar surface area (TPSA) is 64.7 Å². The zero-order valence-electron chi connectivity index (χ0n) is 21.2. The number of ether oxygens (including phenoxy) is 2. The Bertz CT molecular complexity index is 644. The molecule has 0 spiro atoms. The molecule has 1 aliphatic rings. The van der Waals surface area contributed by atoms with Crippen molar-refractivity contribution in [2.24, 2.45) is 23.5 Å². The Hall–Kier alpha value is -1.26. The maximum Gasteiger partial charge on any atom is 0.161 e. The molecule has 2 atom stereocenters. The van der Waals surface area contributed by atoms with Crippen LogP contribution in [0.5, 0.6) is 11.5 Å². The van der Waals surface area contributed by atoms with Crippen molar-refractivity contribution in [3.63, 3.8) is 0 Å². The number of aliphatic hydroxyl groups excluding tert-OH is 1. The SMILES string of the molecule is COc1cc(CC[C@@](N)(CO)CC2CCC2)ccc1OCCCCC(C)CCCC(C)C. The summed E-state index contributed by atoms with van der Waals surface area (Å²) in [5.74, 6) is 3.92. The molecule has 0 aliphatic heterocycles. The summed E-state index contributed by atoms with van der Waals surface area (Å²) in [6.45, 7) is 7.77. The molecule has 32 heavy (non-hydrogen) atoms. The maximum atomic E-state index is 9.85. The molecule has 1 aliphatic carbocycles. The van der Waals surface area contributed by atoms with E-state index in [4.69, 9.17) is 15.2 Å². The van der Waals surface area contributed by atoms with E-state index in [2.05, 4.69) is 32.9 Å². The summed E-state index contributed by atoms with van der Waals surface area (Å²) in [5, 5.41) is 9.85. The molecule has 184 valence electrons. The highest BCUT2D eigenvalue weighted by Crippen LogP contribution is 2.35. The van der Waals surface area contributed by atoms with Crippen LogP contribution in [0.25, 0.3) is 0 Å². The summed E-state index contributed by atoms with van der Waals surface area (Å²) in [6.07, 6.45) is 14.0. The number of aliphatic hydroxyl groups is 1. The number of methoxy groups -OCH3 is 1. The van der Waals surface area contributed by atoms with Crippen molar-refractivity contribution < 1.29 is 14.6 Å². The molecule has 4 heteroatoms. The Morgan fingerprint density at radius 3 is 2.44 bits per heavy atom. The number of nitrogens with two attached hydrogens (primary N) is 1. The Morgan fingerprint density at radius 2 is 1.81 bits per heavy atom. The van der Waals surface area contributed by atoms with Crippen LogP contribution < -0.4 is 15.2 Å². The second kappa shape index (κ2) is 14.1. The van der Waals surface area contributed by atoms with E-state index in [1.165, 1.54) is 56.9 Å². The summed E-state index contributed by atoms with van der Waals surface area (Å²) < 4.78 is 11.6. The van der Waals surface area contributed by atoms with Gasteiger partial charge in [-0.15, -0.1) is 0 Å². The van der Waals surface area contributed by atoms with Gasteiger partial charge in [0.15, 0.2) is 11.5 Å². The summed E-state index contributed by atoms with van der Waals surface area (Å²) in [5.41, 5.74) is 7.21. The van der Waals surface area contributed by atoms with E-state index in [9.17, 15) is 5.11 Å². The van der Waals surface area contributed by atoms with Crippen molar-refractivity contribution in [1.82, 2.24) is 0 Å². The van der Waals surface area contributed by atoms with E-state index in [1.54, 1.807) is 7.11 Å². The lowest BCUT2D eigenvalue weighted by Gasteiger charge is -2.35. The minimum absolute atomic E-state index is 0.0537. The first-order valence-corrected chi connectivity index (χ1v) is 13.0. The Balaban J connectivity index is 1.72. The van der Waals surface area contributed by atoms with Crippen LogP contribution in [0.3, 0.4) is 0 Å². The second-order valence-electron chi connectivity index (χ2n) is 10.8. The third-order valence-corrected chi connectivity index (χ3v) is 7.20. The molecule has 1 fully saturated rings. The zero-order chi connectivity index (χ0) is 23.4. The van der Waals surface area contributed by atoms with E-state index in [1.807, 2.05) is 6.07 Å². The number of hydrogen-bond donors (Lipinski definition) is 2. The van der Waals surface area contributed by atoms with Crippen molar-refractivity contribution in [3.8, 4) is 11.5 Å². The lowest BCUT2D eigenvalue weighted by molar-refractivity contribution is 0.135. The van der Waals surface area contributed by atoms with Gasteiger partial charge in [0.2, 0.25) is 0 Å². The summed E-state index contributed by atoms with van der Waals surface area (Å²) >= 11 is 0. The van der Waals surface area contributed by atoms with Crippen LogP contribution in [-0.4, -0.2) is 31.0 Å². The highest BCUT2D eigenvalue weighted by atomic mass is 16.5. The van der Waals surface area contributed by atoms with Crippen molar-refractivity contribution in [1.29, 1.82) is 0 Å². The molecule has 0 aromatic heterocycles. The Kier molecular flexibility index (Phi) is 11.9. The normalized spacial score (nSPS) is 17.1. The molecule has 4 nitrogen and oxygen atoms in total. The van der Waals surface area contributed by atoms with Gasteiger partial charge in [0.05, 0.1) is 20.3 Å². The lowest BCUT2D eigenvalue weighted by atomic mass is 9.75. The number of hydrogen-bond acceptors (Lipinski definition) is 4. The van der Waals surface area contributed by atoms with Crippen LogP contribution >= 0.6 is 0 Å². The zero-order valence-corrected chi connectivity index (χ0v) is 21.2. The fourth-order valence-corrected chi connectivity index (χ4v) is 4.69. The number of unbranched alkanes of at least 4 members (excludes halogenated alkanes) is 1. The molecule has 1 saturated carbocycles. The van der Waals surface area contributed by atoms with Crippen molar-refractivity contribution in [3.05, 3.63) is 23.8 Å². The van der Waals surface area contributed by atoms with E-state index in [0.29, 0.717) is 5.92 Å². The van der Waals surface area contributed by atoms with Crippen molar-refractivity contribution in [2.45, 2.75) is 103 Å². The van der Waals surface area contributed by atoms with Crippen LogP contribution in [0.15, 0.2) is 18.2 Å². The van der Waals surface area contributed by atoms with Gasteiger partial charge in [-0.2, -0.15) is 0 Å². The molecule has 0 amide bonds. The summed E-state index contributed by atoms with van der Waals surface area (Å²) in [4.78, 5) is 0. The highest BCUT2D eigenvalue weighted by Gasteiger charge is 2.30. The standard InChI is InChI=1S/C28H49NO3/c1-22(2)9-7-11-23(3)10-5-6-18-32-26-15-14-24(19-27(26)31-4)16-17-28(29,21-30)20-25-12-8-13-25/h14-15,19,22-23,25,30H,5-13,16-18,20-21,29H2,1-4H3/t23?,28-/m0/s1. The Labute approximate surface area is 197 Å². The number of aryl methyl sites for hydroxylation is 1. The van der Waals surface area contributed by atoms with Crippen LogP contribution in [0, 0.1) is 17.8 Å². The van der Waals surface area contributed by atoms with Gasteiger partial charge >= 0.3 is 0 Å². The molecule has 1 aromatic rings. The van der Waals surface area contributed by atoms with Gasteiger partial charge in [0.25, 0.3) is 0 Å². The molecule has 0 radical (unpaired) electrons. The van der Waals surface area contributed by atoms with Crippen LogP contribution in [0.4, 0.5) is 0 Å². The van der Waals surface area contributed by atoms with Gasteiger partial charge in [-0.05, 0) is 67.6 Å². The third-order valence-electron chi connectivity index (χ3n) is 7.20. The molecular formula is C28H49NO3. The Morgan fingerprint density at radius 1 is 1.06 bits per heavy atom. The first kappa shape index (κ1) is 27.0. The van der Waals surface area contributed by atoms with E-state index in [0.717, 1.165) is 55.6 Å². The average Bonchev–Trinajstić information content (AvgIpc) is 2.75. The predicted octanol–water partition coefficient (Wildman–Crippen LogP) is 6.52. The molecule has 2 rings (SSSR count). The van der Waals surface area contributed by atoms with E-state index < -0.39 is 5.54 Å². The smallest absolute Gasteiger partial charge is 0.161 e. The minimum atomic E-state index is -0.473. The van der Waals surface area contributed by atoms with Gasteiger partial charge in [0, 0.05) is 5.54 Å². The molecule has 0 heterocycles. The minimum Gasteiger partial charge on any atom is -0.493 e. The molecule has 1 unspecified atom stereocenters. The molecule has 0 saturated heterocycles. The third kappa shape index (κ3) is 9.70. The van der Waals surface area contributed by atoms with Gasteiger partial charge in [-0.1, -0.05) is 71.8 Å². The predicted molar refractivity (Wildman–Crippen MR) is 134 cm³/mol. The number of rotatable bonds is 17. The van der Waals surface area contributed by atoms with Gasteiger partial charge in [-0.3, -0.25) is 0 Å². The summed E-state index contributed by atoms with van der Waals surface area (Å²) in [6, 6.07) is 6.19. The average molecular weight is 448 g/mol. The van der Waals surface area contributed by atoms with E-state index in [-0.39, 0.29) is 6.61 Å². The largest absolute Gasteiger partial charge is 0.493 e. The molecule has 1 aromatic carbocycles. The first-order chi connectivity index (χ1) is 15.3. The van der Waals surface area contributed by atoms with Crippen LogP contribution in [-0.2, 0) is 6.42 Å². The monoisotopic (exact) mass is 447 g/mol.